The molecule has 65 heavy (non-hydrogen) atoms. The van der Waals surface area contributed by atoms with Crippen LogP contribution in [0.15, 0.2) is 98.0 Å². The van der Waals surface area contributed by atoms with Crippen LogP contribution in [0.25, 0.3) is 43.2 Å². The van der Waals surface area contributed by atoms with E-state index < -0.39 is 24.0 Å². The van der Waals surface area contributed by atoms with Gasteiger partial charge in [0, 0.05) is 28.6 Å². The molecule has 0 saturated carbocycles. The zero-order chi connectivity index (χ0) is 45.6. The molecule has 0 fully saturated rings. The highest BCUT2D eigenvalue weighted by molar-refractivity contribution is 7.22. The summed E-state index contributed by atoms with van der Waals surface area (Å²) < 4.78 is 57.6. The van der Waals surface area contributed by atoms with E-state index >= 15 is 0 Å². The van der Waals surface area contributed by atoms with Crippen molar-refractivity contribution in [3.63, 3.8) is 0 Å². The second-order valence-corrected chi connectivity index (χ2v) is 16.6. The Labute approximate surface area is 388 Å². The molecule has 9 rings (SSSR count). The number of fused-ring (bicyclic) bond motifs is 7. The van der Waals surface area contributed by atoms with Crippen LogP contribution >= 0.6 is 34.5 Å². The zero-order valence-corrected chi connectivity index (χ0v) is 38.2. The predicted molar refractivity (Wildman–Crippen MR) is 248 cm³/mol. The van der Waals surface area contributed by atoms with E-state index in [1.807, 2.05) is 38.1 Å². The number of aromatic nitrogens is 4. The highest BCUT2D eigenvalue weighted by Crippen LogP contribution is 2.53. The van der Waals surface area contributed by atoms with Crippen LogP contribution in [0.4, 0.5) is 4.39 Å². The lowest BCUT2D eigenvalue weighted by Gasteiger charge is -2.24. The fraction of sp³-hybridized carbons (Fsp3) is 0.245. The van der Waals surface area contributed by atoms with E-state index in [-0.39, 0.29) is 61.1 Å². The Morgan fingerprint density at radius 1 is 0.969 bits per heavy atom. The van der Waals surface area contributed by atoms with Crippen LogP contribution in [0.5, 0.6) is 28.9 Å². The van der Waals surface area contributed by atoms with Crippen molar-refractivity contribution in [2.24, 2.45) is 0 Å². The first-order valence-corrected chi connectivity index (χ1v) is 22.2. The quantitative estimate of drug-likeness (QED) is 0.0656. The van der Waals surface area contributed by atoms with E-state index in [0.717, 1.165) is 5.56 Å². The lowest BCUT2D eigenvalue weighted by Crippen LogP contribution is -2.32. The van der Waals surface area contributed by atoms with E-state index in [0.29, 0.717) is 77.2 Å². The van der Waals surface area contributed by atoms with Crippen molar-refractivity contribution in [3.05, 3.63) is 136 Å². The molecule has 16 heteroatoms. The molecule has 334 valence electrons. The summed E-state index contributed by atoms with van der Waals surface area (Å²) >= 11 is 15.8. The highest BCUT2D eigenvalue weighted by Gasteiger charge is 2.32. The topological polar surface area (TPSA) is 133 Å². The fourth-order valence-electron chi connectivity index (χ4n) is 7.49. The number of nitrogens with zero attached hydrogens (tertiary/aromatic N) is 4. The van der Waals surface area contributed by atoms with E-state index in [2.05, 4.69) is 21.5 Å². The van der Waals surface area contributed by atoms with Gasteiger partial charge in [-0.15, -0.1) is 17.9 Å². The standard InChI is InChI=1S/C49H43Cl2FN4O8S/c1-6-20-59-24-34-25-61-33-16-17-36(62-23-32-18-19-53-46(56-32)35-10-8-9-11-37(35)58-5)30(21-33)22-38(49(57)60-7-2)64-47-41-40(39-27(3)42(50)44(63-34)43(51)28(39)4)45(65-48(41)55-26-54-47)29-12-14-31(52)15-13-29/h6,8-19,21,26,34,38H,1,7,20,22-25H2,2-5H3/t34-,38-/m1/s1. The van der Waals surface area contributed by atoms with Gasteiger partial charge in [-0.3, -0.25) is 0 Å². The molecule has 0 spiro atoms. The monoisotopic (exact) mass is 936 g/mol. The summed E-state index contributed by atoms with van der Waals surface area (Å²) in [6, 6.07) is 20.6. The van der Waals surface area contributed by atoms with Crippen LogP contribution in [-0.4, -0.2) is 71.7 Å². The Hall–Kier alpha value is -6.32. The van der Waals surface area contributed by atoms with Gasteiger partial charge in [-0.1, -0.05) is 53.5 Å². The minimum absolute atomic E-state index is 0.00859. The summed E-state index contributed by atoms with van der Waals surface area (Å²) in [6.07, 6.45) is 2.67. The molecule has 0 amide bonds. The Kier molecular flexibility index (Phi) is 14.1. The molecule has 0 radical (unpaired) electrons. The Bertz CT molecular complexity index is 2850. The minimum Gasteiger partial charge on any atom is -0.496 e. The largest absolute Gasteiger partial charge is 0.496 e. The minimum atomic E-state index is -1.25. The van der Waals surface area contributed by atoms with Crippen molar-refractivity contribution in [1.82, 2.24) is 19.9 Å². The summed E-state index contributed by atoms with van der Waals surface area (Å²) in [7, 11) is 1.59. The molecular formula is C49H43Cl2FN4O8S. The van der Waals surface area contributed by atoms with Crippen molar-refractivity contribution in [2.75, 3.05) is 33.5 Å². The smallest absolute Gasteiger partial charge is 0.347 e. The number of esters is 1. The third-order valence-electron chi connectivity index (χ3n) is 10.6. The number of thiophene rings is 1. The van der Waals surface area contributed by atoms with E-state index in [9.17, 15) is 9.18 Å². The number of rotatable bonds is 12. The maximum atomic E-state index is 14.4. The zero-order valence-electron chi connectivity index (χ0n) is 35.9. The maximum absolute atomic E-state index is 14.4. The molecule has 4 bridgehead atoms. The van der Waals surface area contributed by atoms with Gasteiger partial charge in [-0.25, -0.2) is 29.1 Å². The molecule has 0 N–H and O–H groups in total. The van der Waals surface area contributed by atoms with E-state index in [4.69, 9.17) is 61.3 Å². The van der Waals surface area contributed by atoms with Gasteiger partial charge in [0.1, 0.15) is 47.4 Å². The molecular weight excluding hydrogens is 895 g/mol. The normalized spacial score (nSPS) is 14.8. The average molecular weight is 938 g/mol. The Balaban J connectivity index is 1.28. The van der Waals surface area contributed by atoms with E-state index in [1.54, 1.807) is 62.7 Å². The number of ether oxygens (including phenoxy) is 7. The summed E-state index contributed by atoms with van der Waals surface area (Å²) in [5, 5.41) is 0.995. The van der Waals surface area contributed by atoms with Crippen molar-refractivity contribution >= 4 is 50.7 Å². The second kappa shape index (κ2) is 20.2. The molecule has 7 aromatic rings. The Morgan fingerprint density at radius 2 is 1.75 bits per heavy atom. The molecule has 4 aromatic carbocycles. The fourth-order valence-corrected chi connectivity index (χ4v) is 9.15. The highest BCUT2D eigenvalue weighted by atomic mass is 35.5. The summed E-state index contributed by atoms with van der Waals surface area (Å²) in [4.78, 5) is 33.8. The van der Waals surface area contributed by atoms with E-state index in [1.165, 1.54) is 29.8 Å². The van der Waals surface area contributed by atoms with Crippen LogP contribution in [-0.2, 0) is 27.3 Å². The number of hydrogen-bond donors (Lipinski definition) is 0. The van der Waals surface area contributed by atoms with Crippen molar-refractivity contribution in [3.8, 4) is 61.8 Å². The number of hydrogen-bond acceptors (Lipinski definition) is 13. The summed E-state index contributed by atoms with van der Waals surface area (Å²) in [5.41, 5.74) is 5.12. The third kappa shape index (κ3) is 9.71. The second-order valence-electron chi connectivity index (χ2n) is 14.8. The first-order chi connectivity index (χ1) is 31.6. The molecule has 2 aliphatic rings. The van der Waals surface area contributed by atoms with Crippen LogP contribution in [0.3, 0.4) is 0 Å². The van der Waals surface area contributed by atoms with Gasteiger partial charge < -0.3 is 33.2 Å². The number of benzene rings is 4. The number of methoxy groups -OCH3 is 1. The molecule has 0 unspecified atom stereocenters. The van der Waals surface area contributed by atoms with Crippen LogP contribution < -0.4 is 23.7 Å². The van der Waals surface area contributed by atoms with Gasteiger partial charge in [0.15, 0.2) is 17.7 Å². The number of carbonyl (C=O) groups excluding carboxylic acids is 1. The molecule has 3 aromatic heterocycles. The van der Waals surface area contributed by atoms with Crippen molar-refractivity contribution in [1.29, 1.82) is 0 Å². The first-order valence-electron chi connectivity index (χ1n) is 20.6. The maximum Gasteiger partial charge on any atom is 0.347 e. The molecule has 2 aliphatic heterocycles. The van der Waals surface area contributed by atoms with Crippen LogP contribution in [0.2, 0.25) is 10.0 Å². The third-order valence-corrected chi connectivity index (χ3v) is 12.6. The number of para-hydroxylation sites is 1. The lowest BCUT2D eigenvalue weighted by atomic mass is 9.92. The summed E-state index contributed by atoms with van der Waals surface area (Å²) in [5.74, 6) is 1.27. The molecule has 5 heterocycles. The van der Waals surface area contributed by atoms with Gasteiger partial charge >= 0.3 is 5.97 Å². The average Bonchev–Trinajstić information content (AvgIpc) is 3.70. The van der Waals surface area contributed by atoms with Crippen LogP contribution in [0.1, 0.15) is 29.3 Å². The molecule has 2 atom stereocenters. The van der Waals surface area contributed by atoms with Gasteiger partial charge in [0.25, 0.3) is 0 Å². The van der Waals surface area contributed by atoms with Gasteiger partial charge in [0.2, 0.25) is 12.0 Å². The van der Waals surface area contributed by atoms with Gasteiger partial charge in [-0.2, -0.15) is 0 Å². The SMILES string of the molecule is C=CCOC[C@@H]1COc2ccc(OCc3ccnc(-c4ccccc4OC)n3)c(c2)C[C@H](C(=O)OCC)Oc2ncnc3sc(-c4ccc(F)cc4)c(c23)-c2c(C)c(Cl)c(c(Cl)c2C)O1. The number of carbonyl (C=O) groups is 1. The van der Waals surface area contributed by atoms with Gasteiger partial charge in [-0.05, 0) is 91.6 Å². The molecule has 0 aliphatic carbocycles. The Morgan fingerprint density at radius 3 is 2.51 bits per heavy atom. The first kappa shape index (κ1) is 45.3. The number of halogens is 3. The van der Waals surface area contributed by atoms with Crippen molar-refractivity contribution in [2.45, 2.75) is 46.0 Å². The van der Waals surface area contributed by atoms with Crippen LogP contribution in [0, 0.1) is 19.7 Å². The molecule has 0 saturated heterocycles. The summed E-state index contributed by atoms with van der Waals surface area (Å²) in [6.45, 7) is 9.72. The predicted octanol–water partition coefficient (Wildman–Crippen LogP) is 11.0. The lowest BCUT2D eigenvalue weighted by molar-refractivity contribution is -0.151. The van der Waals surface area contributed by atoms with Gasteiger partial charge in [0.05, 0.1) is 53.6 Å². The van der Waals surface area contributed by atoms with Crippen molar-refractivity contribution < 1.29 is 42.3 Å². The molecule has 12 nitrogen and oxygen atoms in total.